The fourth-order valence-electron chi connectivity index (χ4n) is 6.98. The summed E-state index contributed by atoms with van der Waals surface area (Å²) in [5.74, 6) is 0. The molecule has 2 heterocycles. The Kier molecular flexibility index (Phi) is 19.2. The van der Waals surface area contributed by atoms with Crippen LogP contribution < -0.4 is 5.32 Å². The van der Waals surface area contributed by atoms with Gasteiger partial charge >= 0.3 is 0 Å². The van der Waals surface area contributed by atoms with Gasteiger partial charge in [-0.05, 0) is 117 Å². The van der Waals surface area contributed by atoms with E-state index in [0.29, 0.717) is 0 Å². The second-order valence-corrected chi connectivity index (χ2v) is 13.8. The Morgan fingerprint density at radius 3 is 2.31 bits per heavy atom. The zero-order chi connectivity index (χ0) is 42.5. The molecule has 58 heavy (non-hydrogen) atoms. The number of benzene rings is 4. The van der Waals surface area contributed by atoms with Gasteiger partial charge in [0.1, 0.15) is 0 Å². The molecule has 4 aromatic rings. The molecular weight excluding hydrogens is 703 g/mol. The van der Waals surface area contributed by atoms with Crippen LogP contribution in [0.25, 0.3) is 17.7 Å². The highest BCUT2D eigenvalue weighted by Crippen LogP contribution is 2.41. The van der Waals surface area contributed by atoms with Crippen molar-refractivity contribution in [2.75, 3.05) is 5.32 Å². The topological polar surface area (TPSA) is 36.8 Å². The minimum atomic E-state index is 0.0347. The first-order chi connectivity index (χ1) is 28.3. The molecule has 3 heteroatoms. The molecule has 0 aliphatic carbocycles. The molecule has 3 nitrogen and oxygen atoms in total. The van der Waals surface area contributed by atoms with E-state index in [0.717, 1.165) is 64.3 Å². The maximum atomic E-state index is 5.35. The van der Waals surface area contributed by atoms with Gasteiger partial charge in [-0.1, -0.05) is 153 Å². The largest absolute Gasteiger partial charge is 0.372 e. The van der Waals surface area contributed by atoms with E-state index in [2.05, 4.69) is 218 Å². The summed E-state index contributed by atoms with van der Waals surface area (Å²) in [4.78, 5) is 10.4. The Hall–Kier alpha value is -6.42. The lowest BCUT2D eigenvalue weighted by Crippen LogP contribution is -2.13. The summed E-state index contributed by atoms with van der Waals surface area (Å²) >= 11 is 0. The number of allylic oxidation sites excluding steroid dienone is 8. The van der Waals surface area contributed by atoms with Crippen LogP contribution >= 0.6 is 0 Å². The molecule has 0 saturated heterocycles. The van der Waals surface area contributed by atoms with Gasteiger partial charge in [-0.15, -0.1) is 25.7 Å². The first kappa shape index (κ1) is 46.0. The van der Waals surface area contributed by atoms with E-state index in [4.69, 9.17) is 9.98 Å². The summed E-state index contributed by atoms with van der Waals surface area (Å²) in [6.07, 6.45) is 40.4. The van der Waals surface area contributed by atoms with Crippen LogP contribution in [0.2, 0.25) is 0 Å². The van der Waals surface area contributed by atoms with E-state index in [1.165, 1.54) is 33.4 Å². The maximum absolute atomic E-state index is 5.35. The van der Waals surface area contributed by atoms with Crippen molar-refractivity contribution in [3.63, 3.8) is 0 Å². The molecule has 0 radical (unpaired) electrons. The summed E-state index contributed by atoms with van der Waals surface area (Å²) in [5, 5.41) is 3.87. The molecule has 296 valence electrons. The van der Waals surface area contributed by atoms with Crippen LogP contribution in [-0.2, 0) is 6.42 Å². The summed E-state index contributed by atoms with van der Waals surface area (Å²) < 4.78 is 0. The Labute approximate surface area is 350 Å². The Morgan fingerprint density at radius 2 is 1.59 bits per heavy atom. The van der Waals surface area contributed by atoms with Crippen molar-refractivity contribution in [1.82, 2.24) is 0 Å². The van der Waals surface area contributed by atoms with Crippen LogP contribution in [0, 0.1) is 25.7 Å². The molecule has 2 aliphatic heterocycles. The Balaban J connectivity index is 0.00000143. The number of nitrogens with zero attached hydrogens (tertiary/aromatic N) is 2. The monoisotopic (exact) mass is 763 g/mol. The molecule has 2 atom stereocenters. The van der Waals surface area contributed by atoms with Crippen molar-refractivity contribution in [3.8, 4) is 25.7 Å². The molecule has 4 aromatic carbocycles. The standard InChI is InChI=1S/C49H51N3.C2H6.2C2H2/c1-7-16-34(3)36(5)45-22-14-13-19-43(45)32-38-24-26-39(27-25-38)47-31-30-41-29-28-40(17-8-2)48(49(41)52-47)51-37(6)42-20-15-21-44(33-42)46-23-12-10-9-11-18-35(4)50-46;3*1-2/h7-11,13-22,24-31,33,35,47,52H,12,23,32H2,1-6H3;1-2H3;2*1-2H/b10-9-,16-7-,17-8-,18-11-,36-34+,50-46?,51-37?;;;. The third kappa shape index (κ3) is 12.3. The van der Waals surface area contributed by atoms with Crippen molar-refractivity contribution in [2.45, 2.75) is 86.7 Å². The van der Waals surface area contributed by atoms with Crippen LogP contribution in [-0.4, -0.2) is 17.5 Å². The van der Waals surface area contributed by atoms with Crippen molar-refractivity contribution < 1.29 is 0 Å². The predicted molar refractivity (Wildman–Crippen MR) is 258 cm³/mol. The second-order valence-electron chi connectivity index (χ2n) is 13.8. The van der Waals surface area contributed by atoms with Crippen molar-refractivity contribution in [1.29, 1.82) is 0 Å². The minimum Gasteiger partial charge on any atom is -0.372 e. The zero-order valence-corrected chi connectivity index (χ0v) is 35.8. The van der Waals surface area contributed by atoms with Gasteiger partial charge in [0.25, 0.3) is 0 Å². The van der Waals surface area contributed by atoms with Gasteiger partial charge in [-0.25, -0.2) is 0 Å². The van der Waals surface area contributed by atoms with Crippen LogP contribution in [0.5, 0.6) is 0 Å². The Bertz CT molecular complexity index is 2240. The number of anilines is 1. The third-order valence-corrected chi connectivity index (χ3v) is 9.96. The summed E-state index contributed by atoms with van der Waals surface area (Å²) in [6, 6.07) is 31.1. The van der Waals surface area contributed by atoms with Gasteiger partial charge in [0.05, 0.1) is 23.5 Å². The van der Waals surface area contributed by atoms with Crippen LogP contribution in [0.4, 0.5) is 11.4 Å². The van der Waals surface area contributed by atoms with E-state index >= 15 is 0 Å². The van der Waals surface area contributed by atoms with Gasteiger partial charge in [-0.2, -0.15) is 0 Å². The highest BCUT2D eigenvalue weighted by atomic mass is 15.0. The molecule has 0 fully saturated rings. The minimum absolute atomic E-state index is 0.0347. The molecule has 6 rings (SSSR count). The smallest absolute Gasteiger partial charge is 0.0942 e. The molecule has 2 aliphatic rings. The quantitative estimate of drug-likeness (QED) is 0.103. The van der Waals surface area contributed by atoms with Crippen molar-refractivity contribution in [3.05, 3.63) is 184 Å². The molecule has 0 amide bonds. The van der Waals surface area contributed by atoms with Gasteiger partial charge in [0, 0.05) is 17.0 Å². The van der Waals surface area contributed by atoms with Crippen molar-refractivity contribution in [2.24, 2.45) is 9.98 Å². The number of nitrogens with one attached hydrogen (secondary N) is 1. The van der Waals surface area contributed by atoms with Gasteiger partial charge in [0.15, 0.2) is 0 Å². The van der Waals surface area contributed by atoms with Gasteiger partial charge < -0.3 is 5.32 Å². The Morgan fingerprint density at radius 1 is 0.845 bits per heavy atom. The maximum Gasteiger partial charge on any atom is 0.0942 e. The van der Waals surface area contributed by atoms with Crippen LogP contribution in [0.1, 0.15) is 119 Å². The van der Waals surface area contributed by atoms with E-state index < -0.39 is 0 Å². The van der Waals surface area contributed by atoms with Gasteiger partial charge in [0.2, 0.25) is 0 Å². The molecule has 1 N–H and O–H groups in total. The molecular formula is C55H61N3. The number of rotatable bonds is 9. The van der Waals surface area contributed by atoms with E-state index in [-0.39, 0.29) is 12.1 Å². The number of aliphatic imine (C=N–C) groups is 2. The van der Waals surface area contributed by atoms with Gasteiger partial charge in [-0.3, -0.25) is 9.98 Å². The summed E-state index contributed by atoms with van der Waals surface area (Å²) in [7, 11) is 0. The lowest BCUT2D eigenvalue weighted by atomic mass is 9.92. The third-order valence-electron chi connectivity index (χ3n) is 9.96. The van der Waals surface area contributed by atoms with Crippen molar-refractivity contribution >= 4 is 40.5 Å². The first-order valence-electron chi connectivity index (χ1n) is 20.3. The fraction of sp³-hybridized carbons (Fsp3) is 0.236. The number of terminal acetylenes is 2. The van der Waals surface area contributed by atoms with E-state index in [1.807, 2.05) is 13.8 Å². The lowest BCUT2D eigenvalue weighted by molar-refractivity contribution is 0.914. The molecule has 2 unspecified atom stereocenters. The SMILES string of the molecule is C#C.C#C.C/C=C\C(C)=C(/C)c1ccccc1Cc1ccc(C2C=Cc3ccc(/C=C\C)c(N=C(C)c4cccc(C5=NC(C)/C=C\C=C/CC5)c4)c3N2)cc1.CC. The molecule has 0 bridgehead atoms. The first-order valence-corrected chi connectivity index (χ1v) is 20.3. The summed E-state index contributed by atoms with van der Waals surface area (Å²) in [6.45, 7) is 16.8. The lowest BCUT2D eigenvalue weighted by Gasteiger charge is -2.25. The summed E-state index contributed by atoms with van der Waals surface area (Å²) in [5.41, 5.74) is 16.4. The average Bonchev–Trinajstić information content (AvgIpc) is 3.38. The van der Waals surface area contributed by atoms with E-state index in [1.54, 1.807) is 0 Å². The fourth-order valence-corrected chi connectivity index (χ4v) is 6.98. The van der Waals surface area contributed by atoms with E-state index in [9.17, 15) is 0 Å². The normalized spacial score (nSPS) is 17.4. The predicted octanol–water partition coefficient (Wildman–Crippen LogP) is 14.6. The van der Waals surface area contributed by atoms with Crippen LogP contribution in [0.3, 0.4) is 0 Å². The highest BCUT2D eigenvalue weighted by Gasteiger charge is 2.20. The van der Waals surface area contributed by atoms with Crippen LogP contribution in [0.15, 0.2) is 149 Å². The molecule has 0 spiro atoms. The average molecular weight is 764 g/mol. The zero-order valence-electron chi connectivity index (χ0n) is 35.8. The number of hydrogen-bond donors (Lipinski definition) is 1. The molecule has 0 saturated carbocycles. The molecule has 0 aromatic heterocycles. The highest BCUT2D eigenvalue weighted by molar-refractivity contribution is 6.06. The number of fused-ring (bicyclic) bond motifs is 1. The second kappa shape index (κ2) is 24.3. The number of hydrogen-bond acceptors (Lipinski definition) is 3.